The Morgan fingerprint density at radius 3 is 2.42 bits per heavy atom. The number of benzene rings is 2. The Labute approximate surface area is 190 Å². The highest BCUT2D eigenvalue weighted by Gasteiger charge is 2.27. The number of anilines is 1. The normalized spacial score (nSPS) is 14.9. The number of para-hydroxylation sites is 1. The molecule has 1 N–H and O–H groups in total. The van der Waals surface area contributed by atoms with E-state index in [1.165, 1.54) is 36.4 Å². The zero-order chi connectivity index (χ0) is 22.1. The van der Waals surface area contributed by atoms with Gasteiger partial charge in [-0.15, -0.1) is 0 Å². The molecule has 0 bridgehead atoms. The summed E-state index contributed by atoms with van der Waals surface area (Å²) in [7, 11) is -3.85. The predicted molar refractivity (Wildman–Crippen MR) is 129 cm³/mol. The molecule has 2 aromatic carbocycles. The number of hydrogen-bond acceptors (Lipinski definition) is 4. The summed E-state index contributed by atoms with van der Waals surface area (Å²) in [5, 5.41) is 3.67. The molecule has 3 rings (SSSR count). The predicted octanol–water partition coefficient (Wildman–Crippen LogP) is 4.76. The smallest absolute Gasteiger partial charge is 0.264 e. The van der Waals surface area contributed by atoms with Crippen LogP contribution in [0.1, 0.15) is 44.1 Å². The van der Waals surface area contributed by atoms with E-state index in [1.54, 1.807) is 42.5 Å². The van der Waals surface area contributed by atoms with Crippen molar-refractivity contribution in [3.8, 4) is 0 Å². The van der Waals surface area contributed by atoms with Gasteiger partial charge in [0.2, 0.25) is 5.91 Å². The Morgan fingerprint density at radius 1 is 1.03 bits per heavy atom. The number of hydrogen-bond donors (Lipinski definition) is 1. The van der Waals surface area contributed by atoms with Gasteiger partial charge in [0.1, 0.15) is 6.54 Å². The van der Waals surface area contributed by atoms with Gasteiger partial charge in [-0.1, -0.05) is 55.7 Å². The van der Waals surface area contributed by atoms with Crippen LogP contribution in [-0.4, -0.2) is 38.4 Å². The van der Waals surface area contributed by atoms with Crippen molar-refractivity contribution in [3.63, 3.8) is 0 Å². The summed E-state index contributed by atoms with van der Waals surface area (Å²) in [5.41, 5.74) is 1.33. The van der Waals surface area contributed by atoms with Gasteiger partial charge in [0, 0.05) is 11.8 Å². The summed E-state index contributed by atoms with van der Waals surface area (Å²) in [6, 6.07) is 15.5. The lowest BCUT2D eigenvalue weighted by atomic mass is 10.0. The van der Waals surface area contributed by atoms with Crippen LogP contribution < -0.4 is 9.62 Å². The number of carbonyl (C=O) groups is 1. The van der Waals surface area contributed by atoms with Crippen molar-refractivity contribution in [1.82, 2.24) is 5.32 Å². The van der Waals surface area contributed by atoms with Crippen LogP contribution in [-0.2, 0) is 14.8 Å². The fraction of sp³-hybridized carbons (Fsp3) is 0.458. The van der Waals surface area contributed by atoms with Gasteiger partial charge in [-0.05, 0) is 55.7 Å². The van der Waals surface area contributed by atoms with Crippen LogP contribution in [0.5, 0.6) is 0 Å². The molecule has 1 amide bonds. The van der Waals surface area contributed by atoms with E-state index in [0.717, 1.165) is 23.0 Å². The molecule has 2 aromatic rings. The first-order chi connectivity index (χ1) is 15.0. The van der Waals surface area contributed by atoms with E-state index in [2.05, 4.69) is 5.32 Å². The zero-order valence-electron chi connectivity index (χ0n) is 18.1. The largest absolute Gasteiger partial charge is 0.354 e. The lowest BCUT2D eigenvalue weighted by Gasteiger charge is -2.25. The molecule has 0 unspecified atom stereocenters. The maximum atomic E-state index is 13.3. The average molecular weight is 461 g/mol. The van der Waals surface area contributed by atoms with E-state index in [0.29, 0.717) is 12.2 Å². The van der Waals surface area contributed by atoms with Crippen LogP contribution in [0.4, 0.5) is 5.69 Å². The number of thioether (sulfide) groups is 1. The molecule has 0 spiro atoms. The SMILES string of the molecule is Cc1ccccc1N(CC(=O)NCCCSC1CCCCC1)S(=O)(=O)c1ccccc1. The van der Waals surface area contributed by atoms with Gasteiger partial charge in [0.25, 0.3) is 10.0 Å². The molecule has 0 atom stereocenters. The molecule has 0 aromatic heterocycles. The first-order valence-electron chi connectivity index (χ1n) is 11.0. The molecular weight excluding hydrogens is 428 g/mol. The van der Waals surface area contributed by atoms with E-state index in [1.807, 2.05) is 30.8 Å². The van der Waals surface area contributed by atoms with Crippen LogP contribution >= 0.6 is 11.8 Å². The van der Waals surface area contributed by atoms with Crippen LogP contribution in [0.2, 0.25) is 0 Å². The molecule has 1 aliphatic rings. The van der Waals surface area contributed by atoms with E-state index < -0.39 is 10.0 Å². The van der Waals surface area contributed by atoms with Gasteiger partial charge in [-0.25, -0.2) is 8.42 Å². The summed E-state index contributed by atoms with van der Waals surface area (Å²) < 4.78 is 27.8. The Kier molecular flexibility index (Phi) is 8.84. The molecule has 0 saturated heterocycles. The molecule has 31 heavy (non-hydrogen) atoms. The molecule has 1 saturated carbocycles. The molecule has 5 nitrogen and oxygen atoms in total. The molecule has 0 aliphatic heterocycles. The third kappa shape index (κ3) is 6.74. The van der Waals surface area contributed by atoms with E-state index in [4.69, 9.17) is 0 Å². The minimum absolute atomic E-state index is 0.176. The second-order valence-corrected chi connectivity index (χ2v) is 11.2. The number of nitrogens with one attached hydrogen (secondary N) is 1. The molecule has 0 radical (unpaired) electrons. The average Bonchev–Trinajstić information content (AvgIpc) is 2.79. The maximum absolute atomic E-state index is 13.3. The fourth-order valence-electron chi connectivity index (χ4n) is 3.83. The van der Waals surface area contributed by atoms with E-state index >= 15 is 0 Å². The lowest BCUT2D eigenvalue weighted by Crippen LogP contribution is -2.41. The topological polar surface area (TPSA) is 66.5 Å². The Morgan fingerprint density at radius 2 is 1.71 bits per heavy atom. The third-order valence-corrected chi connectivity index (χ3v) is 8.79. The number of sulfonamides is 1. The summed E-state index contributed by atoms with van der Waals surface area (Å²) in [6.45, 7) is 2.17. The first-order valence-corrected chi connectivity index (χ1v) is 13.5. The van der Waals surface area contributed by atoms with E-state index in [9.17, 15) is 13.2 Å². The highest BCUT2D eigenvalue weighted by molar-refractivity contribution is 7.99. The van der Waals surface area contributed by atoms with Gasteiger partial charge < -0.3 is 5.32 Å². The van der Waals surface area contributed by atoms with Gasteiger partial charge >= 0.3 is 0 Å². The van der Waals surface area contributed by atoms with Gasteiger partial charge in [-0.3, -0.25) is 9.10 Å². The number of carbonyl (C=O) groups excluding carboxylic acids is 1. The molecule has 168 valence electrons. The van der Waals surface area contributed by atoms with Crippen LogP contribution in [0, 0.1) is 6.92 Å². The fourth-order valence-corrected chi connectivity index (χ4v) is 6.65. The van der Waals surface area contributed by atoms with Crippen LogP contribution in [0.3, 0.4) is 0 Å². The van der Waals surface area contributed by atoms with Gasteiger partial charge in [0.15, 0.2) is 0 Å². The molecule has 1 aliphatic carbocycles. The summed E-state index contributed by atoms with van der Waals surface area (Å²) >= 11 is 2.01. The van der Waals surface area contributed by atoms with Crippen molar-refractivity contribution in [2.75, 3.05) is 23.1 Å². The van der Waals surface area contributed by atoms with Gasteiger partial charge in [0.05, 0.1) is 10.6 Å². The third-order valence-electron chi connectivity index (χ3n) is 5.55. The molecule has 0 heterocycles. The number of nitrogens with zero attached hydrogens (tertiary/aromatic N) is 1. The minimum Gasteiger partial charge on any atom is -0.354 e. The zero-order valence-corrected chi connectivity index (χ0v) is 19.8. The minimum atomic E-state index is -3.85. The first kappa shape index (κ1) is 23.7. The summed E-state index contributed by atoms with van der Waals surface area (Å²) in [5.74, 6) is 0.736. The monoisotopic (exact) mass is 460 g/mol. The lowest BCUT2D eigenvalue weighted by molar-refractivity contribution is -0.119. The molecule has 7 heteroatoms. The standard InChI is InChI=1S/C24H32N2O3S2/c1-20-11-8-9-16-23(20)26(31(28,29)22-14-6-3-7-15-22)19-24(27)25-17-10-18-30-21-12-4-2-5-13-21/h3,6-9,11,14-16,21H,2,4-5,10,12-13,17-19H2,1H3,(H,25,27). The second-order valence-electron chi connectivity index (χ2n) is 7.95. The number of rotatable bonds is 10. The van der Waals surface area contributed by atoms with Crippen molar-refractivity contribution >= 4 is 33.4 Å². The quantitative estimate of drug-likeness (QED) is 0.519. The second kappa shape index (κ2) is 11.6. The molecular formula is C24H32N2O3S2. The van der Waals surface area contributed by atoms with Gasteiger partial charge in [-0.2, -0.15) is 11.8 Å². The van der Waals surface area contributed by atoms with Crippen molar-refractivity contribution in [3.05, 3.63) is 60.2 Å². The summed E-state index contributed by atoms with van der Waals surface area (Å²) in [4.78, 5) is 12.8. The van der Waals surface area contributed by atoms with Crippen LogP contribution in [0.15, 0.2) is 59.5 Å². The summed E-state index contributed by atoms with van der Waals surface area (Å²) in [6.07, 6.45) is 7.52. The highest BCUT2D eigenvalue weighted by Crippen LogP contribution is 2.28. The van der Waals surface area contributed by atoms with Crippen LogP contribution in [0.25, 0.3) is 0 Å². The Balaban J connectivity index is 1.61. The maximum Gasteiger partial charge on any atom is 0.264 e. The Hall–Kier alpha value is -1.99. The number of aryl methyl sites for hydroxylation is 1. The number of amides is 1. The van der Waals surface area contributed by atoms with Crippen molar-refractivity contribution in [2.45, 2.75) is 55.6 Å². The van der Waals surface area contributed by atoms with Crippen molar-refractivity contribution < 1.29 is 13.2 Å². The van der Waals surface area contributed by atoms with Crippen molar-refractivity contribution in [2.24, 2.45) is 0 Å². The van der Waals surface area contributed by atoms with E-state index in [-0.39, 0.29) is 17.3 Å². The Bertz CT molecular complexity index is 942. The highest BCUT2D eigenvalue weighted by atomic mass is 32.2. The van der Waals surface area contributed by atoms with Crippen molar-refractivity contribution in [1.29, 1.82) is 0 Å². The molecule has 1 fully saturated rings.